The SMILES string of the molecule is [2H]c1cc(C(C)(C)C)c2c(c1[2H])C([2H])N(C(C)(C)C)C2=O. The van der Waals surface area contributed by atoms with Gasteiger partial charge in [-0.2, -0.15) is 0 Å². The average molecular weight is 248 g/mol. The molecule has 2 rings (SSSR count). The van der Waals surface area contributed by atoms with Crippen LogP contribution in [0.25, 0.3) is 0 Å². The summed E-state index contributed by atoms with van der Waals surface area (Å²) in [6.45, 7) is 10.7. The quantitative estimate of drug-likeness (QED) is 0.685. The van der Waals surface area contributed by atoms with Crippen molar-refractivity contribution in [3.63, 3.8) is 0 Å². The van der Waals surface area contributed by atoms with Crippen LogP contribution in [0.2, 0.25) is 0 Å². The highest BCUT2D eigenvalue weighted by Gasteiger charge is 2.37. The van der Waals surface area contributed by atoms with Crippen molar-refractivity contribution in [1.29, 1.82) is 0 Å². The second kappa shape index (κ2) is 3.84. The van der Waals surface area contributed by atoms with Gasteiger partial charge in [0.25, 0.3) is 5.91 Å². The Labute approximate surface area is 114 Å². The lowest BCUT2D eigenvalue weighted by atomic mass is 9.82. The molecule has 0 spiro atoms. The lowest BCUT2D eigenvalue weighted by molar-refractivity contribution is 0.0608. The Hall–Kier alpha value is -1.31. The van der Waals surface area contributed by atoms with Crippen molar-refractivity contribution in [2.75, 3.05) is 0 Å². The molecule has 1 aliphatic heterocycles. The Kier molecular flexibility index (Phi) is 2.05. The van der Waals surface area contributed by atoms with Crippen molar-refractivity contribution in [3.05, 3.63) is 34.8 Å². The first-order valence-corrected chi connectivity index (χ1v) is 6.28. The summed E-state index contributed by atoms with van der Waals surface area (Å²) in [5, 5.41) is 0. The van der Waals surface area contributed by atoms with Gasteiger partial charge in [0.15, 0.2) is 0 Å². The Morgan fingerprint density at radius 3 is 2.39 bits per heavy atom. The number of benzene rings is 1. The van der Waals surface area contributed by atoms with E-state index in [0.717, 1.165) is 5.56 Å². The maximum absolute atomic E-state index is 12.8. The van der Waals surface area contributed by atoms with Crippen molar-refractivity contribution in [3.8, 4) is 0 Å². The van der Waals surface area contributed by atoms with Crippen LogP contribution in [0.4, 0.5) is 0 Å². The van der Waals surface area contributed by atoms with Crippen molar-refractivity contribution in [2.24, 2.45) is 0 Å². The first-order chi connectivity index (χ1) is 9.37. The van der Waals surface area contributed by atoms with E-state index in [-0.39, 0.29) is 23.4 Å². The molecule has 0 radical (unpaired) electrons. The molecule has 0 aromatic heterocycles. The van der Waals surface area contributed by atoms with Crippen molar-refractivity contribution >= 4 is 5.91 Å². The average Bonchev–Trinajstić information content (AvgIpc) is 2.54. The number of fused-ring (bicyclic) bond motifs is 1. The van der Waals surface area contributed by atoms with Crippen LogP contribution >= 0.6 is 0 Å². The lowest BCUT2D eigenvalue weighted by Gasteiger charge is -2.32. The number of amides is 1. The second-order valence-electron chi connectivity index (χ2n) is 6.84. The highest BCUT2D eigenvalue weighted by Crippen LogP contribution is 2.35. The van der Waals surface area contributed by atoms with E-state index in [0.29, 0.717) is 11.1 Å². The molecule has 98 valence electrons. The van der Waals surface area contributed by atoms with Crippen LogP contribution < -0.4 is 0 Å². The Balaban J connectivity index is 2.80. The molecule has 1 aliphatic rings. The number of rotatable bonds is 0. The fraction of sp³-hybridized carbons (Fsp3) is 0.562. The lowest BCUT2D eigenvalue weighted by Crippen LogP contribution is -2.41. The van der Waals surface area contributed by atoms with Crippen LogP contribution in [0, 0.1) is 0 Å². The van der Waals surface area contributed by atoms with Crippen molar-refractivity contribution in [1.82, 2.24) is 4.90 Å². The van der Waals surface area contributed by atoms with Crippen LogP contribution in [0.5, 0.6) is 0 Å². The highest BCUT2D eigenvalue weighted by atomic mass is 16.2. The van der Waals surface area contributed by atoms with E-state index in [1.54, 1.807) is 6.07 Å². The molecule has 1 unspecified atom stereocenters. The smallest absolute Gasteiger partial charge is 0.255 e. The molecule has 1 amide bonds. The van der Waals surface area contributed by atoms with Gasteiger partial charge < -0.3 is 4.90 Å². The molecule has 2 nitrogen and oxygen atoms in total. The zero-order valence-corrected chi connectivity index (χ0v) is 12.0. The van der Waals surface area contributed by atoms with Gasteiger partial charge in [0, 0.05) is 17.6 Å². The molecule has 0 saturated heterocycles. The minimum atomic E-state index is -0.911. The third-order valence-corrected chi connectivity index (χ3v) is 3.18. The fourth-order valence-electron chi connectivity index (χ4n) is 2.19. The summed E-state index contributed by atoms with van der Waals surface area (Å²) in [6, 6.07) is 1.69. The molecule has 0 bridgehead atoms. The van der Waals surface area contributed by atoms with Gasteiger partial charge in [-0.05, 0) is 37.3 Å². The van der Waals surface area contributed by atoms with E-state index >= 15 is 0 Å². The van der Waals surface area contributed by atoms with E-state index in [1.807, 2.05) is 41.5 Å². The summed E-state index contributed by atoms with van der Waals surface area (Å²) in [5.41, 5.74) is 0.793. The number of carbonyl (C=O) groups excluding carboxylic acids is 1. The largest absolute Gasteiger partial charge is 0.329 e. The minimum Gasteiger partial charge on any atom is -0.329 e. The third kappa shape index (κ3) is 2.05. The standard InChI is InChI=1S/C16H23NO/c1-15(2,3)12-9-7-8-11-10-17(16(4,5)6)14(18)13(11)12/h7-9H,10H2,1-6H3/i7D,8D,10D. The molecule has 1 aromatic carbocycles. The molecule has 0 aliphatic carbocycles. The summed E-state index contributed by atoms with van der Waals surface area (Å²) in [7, 11) is 0. The van der Waals surface area contributed by atoms with Crippen LogP contribution in [0.3, 0.4) is 0 Å². The van der Waals surface area contributed by atoms with Crippen molar-refractivity contribution < 1.29 is 8.91 Å². The highest BCUT2D eigenvalue weighted by molar-refractivity contribution is 6.00. The number of nitrogens with zero attached hydrogens (tertiary/aromatic N) is 1. The Morgan fingerprint density at radius 2 is 1.89 bits per heavy atom. The number of hydrogen-bond acceptors (Lipinski definition) is 1. The maximum Gasteiger partial charge on any atom is 0.255 e. The Bertz CT molecular complexity index is 611. The summed E-state index contributed by atoms with van der Waals surface area (Å²) >= 11 is 0. The van der Waals surface area contributed by atoms with Crippen LogP contribution in [0.1, 0.15) is 67.1 Å². The minimum absolute atomic E-state index is 0.00176. The predicted octanol–water partition coefficient (Wildman–Crippen LogP) is 3.74. The van der Waals surface area contributed by atoms with Crippen LogP contribution in [-0.4, -0.2) is 16.3 Å². The molecule has 0 fully saturated rings. The van der Waals surface area contributed by atoms with Gasteiger partial charge in [0.2, 0.25) is 0 Å². The topological polar surface area (TPSA) is 20.3 Å². The predicted molar refractivity (Wildman–Crippen MR) is 74.8 cm³/mol. The fourth-order valence-corrected chi connectivity index (χ4v) is 2.19. The first kappa shape index (κ1) is 9.60. The van der Waals surface area contributed by atoms with Crippen LogP contribution in [-0.2, 0) is 11.9 Å². The van der Waals surface area contributed by atoms with E-state index in [1.165, 1.54) is 4.90 Å². The maximum atomic E-state index is 12.8. The van der Waals surface area contributed by atoms with Gasteiger partial charge in [-0.25, -0.2) is 0 Å². The van der Waals surface area contributed by atoms with E-state index in [4.69, 9.17) is 4.11 Å². The van der Waals surface area contributed by atoms with Gasteiger partial charge in [-0.3, -0.25) is 4.79 Å². The zero-order valence-electron chi connectivity index (χ0n) is 15.0. The number of hydrogen-bond donors (Lipinski definition) is 0. The van der Waals surface area contributed by atoms with Gasteiger partial charge in [0.1, 0.15) is 0 Å². The molecule has 1 aromatic rings. The first-order valence-electron chi connectivity index (χ1n) is 7.85. The second-order valence-corrected chi connectivity index (χ2v) is 6.84. The molecule has 0 N–H and O–H groups in total. The van der Waals surface area contributed by atoms with E-state index in [2.05, 4.69) is 0 Å². The normalized spacial score (nSPS) is 22.6. The molecular weight excluding hydrogens is 222 g/mol. The van der Waals surface area contributed by atoms with Gasteiger partial charge >= 0.3 is 0 Å². The number of carbonyl (C=O) groups is 1. The molecule has 2 heteroatoms. The summed E-state index contributed by atoms with van der Waals surface area (Å²) < 4.78 is 24.5. The summed E-state index contributed by atoms with van der Waals surface area (Å²) in [6.07, 6.45) is 0. The zero-order chi connectivity index (χ0) is 16.3. The Morgan fingerprint density at radius 1 is 1.28 bits per heavy atom. The molecule has 0 saturated carbocycles. The summed E-state index contributed by atoms with van der Waals surface area (Å²) in [4.78, 5) is 14.4. The van der Waals surface area contributed by atoms with E-state index in [9.17, 15) is 4.79 Å². The van der Waals surface area contributed by atoms with Gasteiger partial charge in [-0.15, -0.1) is 0 Å². The molecule has 18 heavy (non-hydrogen) atoms. The van der Waals surface area contributed by atoms with E-state index < -0.39 is 12.1 Å². The molecule has 1 heterocycles. The van der Waals surface area contributed by atoms with Crippen molar-refractivity contribution in [2.45, 2.75) is 59.0 Å². The van der Waals surface area contributed by atoms with Gasteiger partial charge in [0.05, 0.1) is 4.11 Å². The molecule has 1 atom stereocenters. The third-order valence-electron chi connectivity index (χ3n) is 3.18. The van der Waals surface area contributed by atoms with Crippen LogP contribution in [0.15, 0.2) is 18.2 Å². The monoisotopic (exact) mass is 248 g/mol. The van der Waals surface area contributed by atoms with Gasteiger partial charge in [-0.1, -0.05) is 38.9 Å². The summed E-state index contributed by atoms with van der Waals surface area (Å²) in [5.74, 6) is -0.198. The molecular formula is C16H23NO.